The van der Waals surface area contributed by atoms with Gasteiger partial charge in [0.2, 0.25) is 0 Å². The smallest absolute Gasteiger partial charge is 0.328 e. The molecule has 1 aromatic carbocycles. The van der Waals surface area contributed by atoms with E-state index in [0.717, 1.165) is 36.7 Å². The molecule has 0 bridgehead atoms. The van der Waals surface area contributed by atoms with Gasteiger partial charge in [0.05, 0.1) is 6.61 Å². The number of hydrogen-bond donors (Lipinski definition) is 1. The Labute approximate surface area is 186 Å². The average molecular weight is 429 g/mol. The Morgan fingerprint density at radius 1 is 1.10 bits per heavy atom. The predicted molar refractivity (Wildman–Crippen MR) is 126 cm³/mol. The Balaban J connectivity index is 2.69. The predicted octanol–water partition coefficient (Wildman–Crippen LogP) is 7.50. The van der Waals surface area contributed by atoms with Gasteiger partial charge in [-0.3, -0.25) is 0 Å². The van der Waals surface area contributed by atoms with E-state index in [9.17, 15) is 4.79 Å². The third-order valence-electron chi connectivity index (χ3n) is 6.23. The first-order valence-electron chi connectivity index (χ1n) is 11.2. The zero-order valence-corrected chi connectivity index (χ0v) is 20.1. The van der Waals surface area contributed by atoms with Gasteiger partial charge in [0.25, 0.3) is 0 Å². The molecular formula is C27H37FO3. The summed E-state index contributed by atoms with van der Waals surface area (Å²) < 4.78 is 21.4. The molecule has 0 amide bonds. The van der Waals surface area contributed by atoms with Gasteiger partial charge in [0.15, 0.2) is 0 Å². The first kappa shape index (κ1) is 24.9. The highest BCUT2D eigenvalue weighted by Gasteiger charge is 2.38. The molecule has 0 saturated carbocycles. The number of ether oxygens (including phenoxy) is 1. The molecule has 0 radical (unpaired) electrons. The quantitative estimate of drug-likeness (QED) is 0.344. The van der Waals surface area contributed by atoms with E-state index < -0.39 is 5.97 Å². The van der Waals surface area contributed by atoms with Crippen LogP contribution >= 0.6 is 0 Å². The number of carboxylic acids is 1. The molecule has 0 saturated heterocycles. The maximum absolute atomic E-state index is 15.3. The van der Waals surface area contributed by atoms with Crippen molar-refractivity contribution < 1.29 is 19.0 Å². The van der Waals surface area contributed by atoms with Crippen LogP contribution in [0.2, 0.25) is 0 Å². The number of carbonyl (C=O) groups is 1. The SMILES string of the molecule is CCCOc1cc2c(cc1/C(CC)=C(F)/C=C/C(C)=C/C(=O)O)C(C)(C)CCC2(C)C. The lowest BCUT2D eigenvalue weighted by Crippen LogP contribution is -2.34. The van der Waals surface area contributed by atoms with Gasteiger partial charge < -0.3 is 9.84 Å². The average Bonchev–Trinajstić information content (AvgIpc) is 2.68. The van der Waals surface area contributed by atoms with Gasteiger partial charge in [0.1, 0.15) is 11.6 Å². The summed E-state index contributed by atoms with van der Waals surface area (Å²) >= 11 is 0. The van der Waals surface area contributed by atoms with Crippen LogP contribution in [0.4, 0.5) is 4.39 Å². The van der Waals surface area contributed by atoms with Crippen LogP contribution in [0, 0.1) is 0 Å². The summed E-state index contributed by atoms with van der Waals surface area (Å²) in [6.45, 7) is 15.2. The molecule has 0 heterocycles. The number of allylic oxidation sites excluding steroid dienone is 5. The molecule has 0 aliphatic heterocycles. The highest BCUT2D eigenvalue weighted by atomic mass is 19.1. The lowest BCUT2D eigenvalue weighted by molar-refractivity contribution is -0.131. The van der Waals surface area contributed by atoms with Crippen molar-refractivity contribution in [2.45, 2.75) is 85.0 Å². The van der Waals surface area contributed by atoms with Crippen LogP contribution in [-0.2, 0) is 15.6 Å². The number of halogens is 1. The van der Waals surface area contributed by atoms with E-state index in [1.165, 1.54) is 23.3 Å². The summed E-state index contributed by atoms with van der Waals surface area (Å²) in [6.07, 6.45) is 7.47. The molecule has 1 N–H and O–H groups in total. The van der Waals surface area contributed by atoms with Crippen LogP contribution in [0.25, 0.3) is 5.57 Å². The molecule has 3 nitrogen and oxygen atoms in total. The fourth-order valence-corrected chi connectivity index (χ4v) is 4.20. The monoisotopic (exact) mass is 428 g/mol. The van der Waals surface area contributed by atoms with Gasteiger partial charge in [0, 0.05) is 11.6 Å². The van der Waals surface area contributed by atoms with Crippen molar-refractivity contribution in [3.8, 4) is 5.75 Å². The van der Waals surface area contributed by atoms with Crippen LogP contribution in [0.3, 0.4) is 0 Å². The van der Waals surface area contributed by atoms with Gasteiger partial charge in [-0.2, -0.15) is 0 Å². The molecule has 0 atom stereocenters. The zero-order chi connectivity index (χ0) is 23.4. The molecule has 0 spiro atoms. The maximum atomic E-state index is 15.3. The number of rotatable bonds is 8. The Morgan fingerprint density at radius 2 is 1.68 bits per heavy atom. The highest BCUT2D eigenvalue weighted by Crippen LogP contribution is 2.49. The van der Waals surface area contributed by atoms with E-state index in [4.69, 9.17) is 9.84 Å². The minimum atomic E-state index is -1.04. The van der Waals surface area contributed by atoms with Crippen molar-refractivity contribution in [2.75, 3.05) is 6.61 Å². The van der Waals surface area contributed by atoms with Gasteiger partial charge in [-0.05, 0) is 83.9 Å². The summed E-state index contributed by atoms with van der Waals surface area (Å²) in [4.78, 5) is 10.8. The van der Waals surface area contributed by atoms with Crippen molar-refractivity contribution >= 4 is 11.5 Å². The molecule has 1 aliphatic carbocycles. The molecule has 2 rings (SSSR count). The van der Waals surface area contributed by atoms with Crippen LogP contribution in [-0.4, -0.2) is 17.7 Å². The molecule has 0 unspecified atom stereocenters. The van der Waals surface area contributed by atoms with E-state index >= 15 is 4.39 Å². The first-order chi connectivity index (χ1) is 14.4. The Morgan fingerprint density at radius 3 is 2.19 bits per heavy atom. The highest BCUT2D eigenvalue weighted by molar-refractivity contribution is 5.81. The number of carboxylic acid groups (broad SMARTS) is 1. The van der Waals surface area contributed by atoms with E-state index in [0.29, 0.717) is 24.2 Å². The molecule has 31 heavy (non-hydrogen) atoms. The third-order valence-corrected chi connectivity index (χ3v) is 6.23. The van der Waals surface area contributed by atoms with E-state index in [2.05, 4.69) is 46.8 Å². The van der Waals surface area contributed by atoms with Crippen LogP contribution in [0.1, 0.15) is 90.8 Å². The first-order valence-corrected chi connectivity index (χ1v) is 11.2. The van der Waals surface area contributed by atoms with Crippen LogP contribution < -0.4 is 4.74 Å². The van der Waals surface area contributed by atoms with Crippen molar-refractivity contribution in [3.63, 3.8) is 0 Å². The molecule has 1 aliphatic rings. The molecule has 170 valence electrons. The largest absolute Gasteiger partial charge is 0.493 e. The van der Waals surface area contributed by atoms with E-state index in [1.54, 1.807) is 6.92 Å². The summed E-state index contributed by atoms with van der Waals surface area (Å²) in [6, 6.07) is 4.26. The Hall–Kier alpha value is -2.36. The molecule has 1 aromatic rings. The number of aliphatic carboxylic acids is 1. The number of hydrogen-bond acceptors (Lipinski definition) is 2. The summed E-state index contributed by atoms with van der Waals surface area (Å²) in [5, 5.41) is 8.87. The number of benzene rings is 1. The lowest BCUT2D eigenvalue weighted by Gasteiger charge is -2.42. The van der Waals surface area contributed by atoms with Gasteiger partial charge in [-0.25, -0.2) is 9.18 Å². The minimum Gasteiger partial charge on any atom is -0.493 e. The Kier molecular flexibility index (Phi) is 7.91. The second kappa shape index (κ2) is 9.84. The maximum Gasteiger partial charge on any atom is 0.328 e. The van der Waals surface area contributed by atoms with Crippen molar-refractivity contribution in [1.82, 2.24) is 0 Å². The standard InChI is InChI=1S/C27H37FO3/c1-8-14-31-24-17-22-21(26(4,5)12-13-27(22,6)7)16-20(24)19(9-2)23(28)11-10-18(3)15-25(29)30/h10-11,15-17H,8-9,12-14H2,1-7H3,(H,29,30)/b11-10+,18-15+,23-19-. The van der Waals surface area contributed by atoms with Gasteiger partial charge >= 0.3 is 5.97 Å². The lowest BCUT2D eigenvalue weighted by atomic mass is 9.62. The molecule has 4 heteroatoms. The molecule has 0 aromatic heterocycles. The minimum absolute atomic E-state index is 0.00880. The van der Waals surface area contributed by atoms with Crippen LogP contribution in [0.5, 0.6) is 5.75 Å². The van der Waals surface area contributed by atoms with E-state index in [-0.39, 0.29) is 16.7 Å². The van der Waals surface area contributed by atoms with Gasteiger partial charge in [-0.15, -0.1) is 0 Å². The summed E-state index contributed by atoms with van der Waals surface area (Å²) in [5.41, 5.74) is 4.44. The topological polar surface area (TPSA) is 46.5 Å². The number of fused-ring (bicyclic) bond motifs is 1. The Bertz CT molecular complexity index is 917. The zero-order valence-electron chi connectivity index (χ0n) is 20.1. The second-order valence-corrected chi connectivity index (χ2v) is 9.75. The van der Waals surface area contributed by atoms with Crippen LogP contribution in [0.15, 0.2) is 41.8 Å². The normalized spacial score (nSPS) is 18.5. The fraction of sp³-hybridized carbons (Fsp3) is 0.519. The van der Waals surface area contributed by atoms with Crippen molar-refractivity contribution in [1.29, 1.82) is 0 Å². The van der Waals surface area contributed by atoms with Crippen molar-refractivity contribution in [3.05, 3.63) is 58.5 Å². The summed E-state index contributed by atoms with van der Waals surface area (Å²) in [5.74, 6) is -0.684. The third kappa shape index (κ3) is 5.87. The van der Waals surface area contributed by atoms with Crippen molar-refractivity contribution in [2.24, 2.45) is 0 Å². The molecular weight excluding hydrogens is 391 g/mol. The van der Waals surface area contributed by atoms with E-state index in [1.807, 2.05) is 6.92 Å². The fourth-order valence-electron chi connectivity index (χ4n) is 4.20. The molecule has 0 fully saturated rings. The van der Waals surface area contributed by atoms with Gasteiger partial charge in [-0.1, -0.05) is 47.6 Å². The second-order valence-electron chi connectivity index (χ2n) is 9.75. The summed E-state index contributed by atoms with van der Waals surface area (Å²) in [7, 11) is 0.